The smallest absolute Gasteiger partial charge is 0.315 e. The van der Waals surface area contributed by atoms with E-state index in [2.05, 4.69) is 0 Å². The second kappa shape index (κ2) is 9.10. The summed E-state index contributed by atoms with van der Waals surface area (Å²) in [6.45, 7) is -0.621. The molecule has 0 unspecified atom stereocenters. The van der Waals surface area contributed by atoms with Gasteiger partial charge in [0, 0.05) is 11.1 Å². The van der Waals surface area contributed by atoms with Crippen molar-refractivity contribution in [1.29, 1.82) is 5.26 Å². The van der Waals surface area contributed by atoms with E-state index in [9.17, 15) is 23.3 Å². The Morgan fingerprint density at radius 2 is 1.48 bits per heavy atom. The van der Waals surface area contributed by atoms with Gasteiger partial charge in [0.2, 0.25) is 5.78 Å². The summed E-state index contributed by atoms with van der Waals surface area (Å²) in [5, 5.41) is 9.33. The molecule has 0 bridgehead atoms. The number of nitriles is 1. The molecular formula is C25H18N2O5S. The van der Waals surface area contributed by atoms with Crippen LogP contribution in [0.4, 0.5) is 0 Å². The first-order valence-electron chi connectivity index (χ1n) is 10.0. The minimum Gasteiger partial charge on any atom is -0.423 e. The van der Waals surface area contributed by atoms with Crippen LogP contribution in [0.1, 0.15) is 21.5 Å². The second-order valence-electron chi connectivity index (χ2n) is 7.18. The van der Waals surface area contributed by atoms with Crippen molar-refractivity contribution in [2.24, 2.45) is 0 Å². The number of esters is 1. The fourth-order valence-electron chi connectivity index (χ4n) is 3.55. The van der Waals surface area contributed by atoms with Crippen LogP contribution in [0.25, 0.3) is 5.76 Å². The lowest BCUT2D eigenvalue weighted by Crippen LogP contribution is -2.39. The summed E-state index contributed by atoms with van der Waals surface area (Å²) in [7, 11) is -4.23. The predicted octanol–water partition coefficient (Wildman–Crippen LogP) is 3.55. The summed E-state index contributed by atoms with van der Waals surface area (Å²) in [5.74, 6) is -1.53. The number of benzene rings is 3. The Morgan fingerprint density at radius 1 is 0.879 bits per heavy atom. The molecule has 0 atom stereocenters. The fraction of sp³-hybridized carbons (Fsp3) is 0.0800. The van der Waals surface area contributed by atoms with E-state index in [0.29, 0.717) is 9.87 Å². The Hall–Kier alpha value is -4.22. The number of sulfonamides is 1. The molecule has 0 spiro atoms. The quantitative estimate of drug-likeness (QED) is 0.318. The standard InChI is InChI=1S/C25H18N2O5S/c26-15-16-27-23(24(29)19-11-5-2-6-12-19)25(20-13-7-8-14-21(20)33(27,30)31)32-22(28)17-18-9-3-1-4-10-18/h1-14H,16-17H2. The molecule has 0 N–H and O–H groups in total. The van der Waals surface area contributed by atoms with E-state index in [4.69, 9.17) is 4.74 Å². The van der Waals surface area contributed by atoms with E-state index in [-0.39, 0.29) is 33.9 Å². The van der Waals surface area contributed by atoms with Crippen molar-refractivity contribution in [3.8, 4) is 6.07 Å². The zero-order chi connectivity index (χ0) is 23.4. The van der Waals surface area contributed by atoms with Crippen LogP contribution >= 0.6 is 0 Å². The highest BCUT2D eigenvalue weighted by molar-refractivity contribution is 7.89. The third-order valence-corrected chi connectivity index (χ3v) is 6.84. The van der Waals surface area contributed by atoms with Gasteiger partial charge in [0.15, 0.2) is 5.76 Å². The van der Waals surface area contributed by atoms with Crippen molar-refractivity contribution in [3.63, 3.8) is 0 Å². The zero-order valence-corrected chi connectivity index (χ0v) is 18.2. The molecule has 0 saturated carbocycles. The number of rotatable bonds is 6. The summed E-state index contributed by atoms with van der Waals surface area (Å²) in [6.07, 6.45) is -0.0791. The molecule has 3 aromatic rings. The lowest BCUT2D eigenvalue weighted by Gasteiger charge is -2.31. The topological polar surface area (TPSA) is 105 Å². The van der Waals surface area contributed by atoms with Gasteiger partial charge in [-0.15, -0.1) is 0 Å². The van der Waals surface area contributed by atoms with E-state index in [1.54, 1.807) is 54.6 Å². The zero-order valence-electron chi connectivity index (χ0n) is 17.3. The number of fused-ring (bicyclic) bond motifs is 1. The first kappa shape index (κ1) is 22.0. The molecule has 1 aliphatic heterocycles. The Labute approximate surface area is 191 Å². The maximum Gasteiger partial charge on any atom is 0.315 e. The van der Waals surface area contributed by atoms with Crippen molar-refractivity contribution in [2.75, 3.05) is 6.54 Å². The van der Waals surface area contributed by atoms with E-state index >= 15 is 0 Å². The van der Waals surface area contributed by atoms with Gasteiger partial charge < -0.3 is 4.74 Å². The molecule has 0 aromatic heterocycles. The highest BCUT2D eigenvalue weighted by atomic mass is 32.2. The number of carbonyl (C=O) groups is 2. The Kier molecular flexibility index (Phi) is 6.07. The number of allylic oxidation sites excluding steroid dienone is 1. The fourth-order valence-corrected chi connectivity index (χ4v) is 5.11. The number of Topliss-reactive ketones (excluding diaryl/α,β-unsaturated/α-hetero) is 1. The minimum atomic E-state index is -4.23. The van der Waals surface area contributed by atoms with E-state index < -0.39 is 28.3 Å². The highest BCUT2D eigenvalue weighted by Gasteiger charge is 2.41. The van der Waals surface area contributed by atoms with E-state index in [0.717, 1.165) is 0 Å². The molecule has 0 amide bonds. The van der Waals surface area contributed by atoms with Gasteiger partial charge in [-0.3, -0.25) is 9.59 Å². The largest absolute Gasteiger partial charge is 0.423 e. The molecule has 164 valence electrons. The van der Waals surface area contributed by atoms with Crippen LogP contribution in [0.5, 0.6) is 0 Å². The van der Waals surface area contributed by atoms with Crippen molar-refractivity contribution >= 4 is 27.5 Å². The molecule has 33 heavy (non-hydrogen) atoms. The molecule has 7 nitrogen and oxygen atoms in total. The molecule has 8 heteroatoms. The number of nitrogens with zero attached hydrogens (tertiary/aromatic N) is 2. The molecule has 1 heterocycles. The van der Waals surface area contributed by atoms with E-state index in [1.807, 2.05) is 6.07 Å². The minimum absolute atomic E-state index is 0.0791. The summed E-state index contributed by atoms with van der Waals surface area (Å²) in [6, 6.07) is 24.6. The molecule has 1 aliphatic rings. The van der Waals surface area contributed by atoms with Gasteiger partial charge in [0.1, 0.15) is 12.2 Å². The SMILES string of the molecule is N#CCN1C(C(=O)c2ccccc2)=C(OC(=O)Cc2ccccc2)c2ccccc2S1(=O)=O. The summed E-state index contributed by atoms with van der Waals surface area (Å²) in [5.41, 5.74) is 0.613. The number of hydrogen-bond acceptors (Lipinski definition) is 6. The number of ether oxygens (including phenoxy) is 1. The Balaban J connectivity index is 1.89. The first-order valence-corrected chi connectivity index (χ1v) is 11.4. The molecule has 0 saturated heterocycles. The number of ketones is 1. The average Bonchev–Trinajstić information content (AvgIpc) is 2.83. The Bertz CT molecular complexity index is 1390. The first-order chi connectivity index (χ1) is 15.9. The van der Waals surface area contributed by atoms with Crippen molar-refractivity contribution in [2.45, 2.75) is 11.3 Å². The van der Waals surface area contributed by atoms with Crippen LogP contribution in [0.15, 0.2) is 95.5 Å². The third-order valence-electron chi connectivity index (χ3n) is 5.04. The van der Waals surface area contributed by atoms with Gasteiger partial charge >= 0.3 is 5.97 Å². The van der Waals surface area contributed by atoms with Gasteiger partial charge in [0.25, 0.3) is 10.0 Å². The van der Waals surface area contributed by atoms with Gasteiger partial charge in [-0.2, -0.15) is 5.26 Å². The van der Waals surface area contributed by atoms with Gasteiger partial charge in [-0.25, -0.2) is 12.7 Å². The third kappa shape index (κ3) is 4.27. The maximum atomic E-state index is 13.5. The number of carbonyl (C=O) groups excluding carboxylic acids is 2. The molecule has 0 aliphatic carbocycles. The van der Waals surface area contributed by atoms with Gasteiger partial charge in [0.05, 0.1) is 17.4 Å². The lowest BCUT2D eigenvalue weighted by atomic mass is 10.0. The van der Waals surface area contributed by atoms with Gasteiger partial charge in [-0.05, 0) is 17.7 Å². The van der Waals surface area contributed by atoms with Crippen LogP contribution in [0.2, 0.25) is 0 Å². The molecule has 4 rings (SSSR count). The molecular weight excluding hydrogens is 440 g/mol. The second-order valence-corrected chi connectivity index (χ2v) is 9.01. The van der Waals surface area contributed by atoms with Gasteiger partial charge in [-0.1, -0.05) is 72.8 Å². The van der Waals surface area contributed by atoms with Crippen molar-refractivity contribution < 1.29 is 22.7 Å². The normalized spacial score (nSPS) is 14.2. The maximum absolute atomic E-state index is 13.5. The Morgan fingerprint density at radius 3 is 2.15 bits per heavy atom. The molecule has 0 radical (unpaired) electrons. The monoisotopic (exact) mass is 458 g/mol. The van der Waals surface area contributed by atoms with Crippen LogP contribution in [0.3, 0.4) is 0 Å². The van der Waals surface area contributed by atoms with Crippen LogP contribution in [0, 0.1) is 11.3 Å². The predicted molar refractivity (Wildman–Crippen MR) is 120 cm³/mol. The number of hydrogen-bond donors (Lipinski definition) is 0. The van der Waals surface area contributed by atoms with Crippen LogP contribution in [-0.4, -0.2) is 31.0 Å². The van der Waals surface area contributed by atoms with Crippen molar-refractivity contribution in [3.05, 3.63) is 107 Å². The van der Waals surface area contributed by atoms with Crippen molar-refractivity contribution in [1.82, 2.24) is 4.31 Å². The van der Waals surface area contributed by atoms with E-state index in [1.165, 1.54) is 30.3 Å². The highest BCUT2D eigenvalue weighted by Crippen LogP contribution is 2.38. The molecule has 3 aromatic carbocycles. The van der Waals surface area contributed by atoms with Crippen LogP contribution in [-0.2, 0) is 26.0 Å². The summed E-state index contributed by atoms with van der Waals surface area (Å²) in [4.78, 5) is 26.1. The lowest BCUT2D eigenvalue weighted by molar-refractivity contribution is -0.136. The summed E-state index contributed by atoms with van der Waals surface area (Å²) < 4.78 is 33.0. The van der Waals surface area contributed by atoms with Crippen LogP contribution < -0.4 is 0 Å². The summed E-state index contributed by atoms with van der Waals surface area (Å²) >= 11 is 0. The average molecular weight is 458 g/mol. The molecule has 0 fully saturated rings.